The lowest BCUT2D eigenvalue weighted by Gasteiger charge is -2.10. The number of aromatic nitrogens is 2. The lowest BCUT2D eigenvalue weighted by Crippen LogP contribution is -2.37. The molecule has 2 heterocycles. The zero-order valence-corrected chi connectivity index (χ0v) is 18.6. The number of guanidine groups is 1. The molecular formula is C19H26IN5O3. The molecule has 0 radical (unpaired) electrons. The van der Waals surface area contributed by atoms with Gasteiger partial charge in [-0.05, 0) is 18.9 Å². The molecule has 0 bridgehead atoms. The van der Waals surface area contributed by atoms with Crippen molar-refractivity contribution in [3.8, 4) is 11.5 Å². The molecule has 3 rings (SSSR count). The van der Waals surface area contributed by atoms with Crippen molar-refractivity contribution >= 4 is 40.8 Å². The maximum atomic E-state index is 5.46. The second kappa shape index (κ2) is 10.8. The van der Waals surface area contributed by atoms with E-state index in [1.807, 2.05) is 18.2 Å². The third kappa shape index (κ3) is 5.54. The summed E-state index contributed by atoms with van der Waals surface area (Å²) in [6, 6.07) is 7.83. The monoisotopic (exact) mass is 499 g/mol. The molecule has 0 atom stereocenters. The fourth-order valence-corrected chi connectivity index (χ4v) is 2.87. The summed E-state index contributed by atoms with van der Waals surface area (Å²) in [5, 5.41) is 11.4. The summed E-state index contributed by atoms with van der Waals surface area (Å²) in [6.45, 7) is 1.37. The van der Waals surface area contributed by atoms with Crippen LogP contribution < -0.4 is 20.1 Å². The maximum Gasteiger partial charge on any atom is 0.191 e. The second-order valence-electron chi connectivity index (χ2n) is 6.03. The molecule has 0 aliphatic carbocycles. The van der Waals surface area contributed by atoms with Crippen molar-refractivity contribution in [1.29, 1.82) is 0 Å². The Hall–Kier alpha value is -2.43. The number of hydrogen-bond acceptors (Lipinski definition) is 5. The van der Waals surface area contributed by atoms with Gasteiger partial charge in [0.2, 0.25) is 0 Å². The van der Waals surface area contributed by atoms with E-state index in [0.29, 0.717) is 6.54 Å². The Morgan fingerprint density at radius 1 is 1.21 bits per heavy atom. The molecule has 0 unspecified atom stereocenters. The Kier molecular flexibility index (Phi) is 8.42. The summed E-state index contributed by atoms with van der Waals surface area (Å²) in [4.78, 5) is 7.64. The van der Waals surface area contributed by atoms with Gasteiger partial charge in [-0.15, -0.1) is 24.0 Å². The van der Waals surface area contributed by atoms with Crippen LogP contribution in [0.4, 0.5) is 0 Å². The number of ether oxygens (including phenoxy) is 2. The molecule has 0 saturated carbocycles. The quantitative estimate of drug-likeness (QED) is 0.191. The van der Waals surface area contributed by atoms with E-state index in [0.717, 1.165) is 59.1 Å². The smallest absolute Gasteiger partial charge is 0.191 e. The number of benzene rings is 1. The predicted molar refractivity (Wildman–Crippen MR) is 120 cm³/mol. The van der Waals surface area contributed by atoms with E-state index in [2.05, 4.69) is 31.8 Å². The molecule has 0 spiro atoms. The van der Waals surface area contributed by atoms with Crippen LogP contribution in [-0.2, 0) is 13.0 Å². The van der Waals surface area contributed by atoms with Gasteiger partial charge in [0.05, 0.1) is 26.3 Å². The predicted octanol–water partition coefficient (Wildman–Crippen LogP) is 3.09. The Morgan fingerprint density at radius 2 is 2.07 bits per heavy atom. The van der Waals surface area contributed by atoms with Gasteiger partial charge in [0.1, 0.15) is 23.5 Å². The molecule has 0 saturated heterocycles. The van der Waals surface area contributed by atoms with Crippen molar-refractivity contribution in [2.75, 3.05) is 27.8 Å². The number of aryl methyl sites for hydroxylation is 1. The van der Waals surface area contributed by atoms with Gasteiger partial charge < -0.3 is 29.6 Å². The van der Waals surface area contributed by atoms with Crippen LogP contribution in [0.15, 0.2) is 40.0 Å². The minimum absolute atomic E-state index is 0. The molecule has 0 aliphatic rings. The Bertz CT molecular complexity index is 893. The summed E-state index contributed by atoms with van der Waals surface area (Å²) in [6.07, 6.45) is 3.42. The van der Waals surface area contributed by atoms with Gasteiger partial charge >= 0.3 is 0 Å². The molecule has 28 heavy (non-hydrogen) atoms. The third-order valence-electron chi connectivity index (χ3n) is 4.25. The molecule has 8 nitrogen and oxygen atoms in total. The normalized spacial score (nSPS) is 11.2. The highest BCUT2D eigenvalue weighted by Crippen LogP contribution is 2.31. The van der Waals surface area contributed by atoms with Crippen molar-refractivity contribution in [3.05, 3.63) is 41.9 Å². The van der Waals surface area contributed by atoms with Crippen LogP contribution in [0.2, 0.25) is 0 Å². The van der Waals surface area contributed by atoms with Crippen molar-refractivity contribution in [1.82, 2.24) is 20.8 Å². The number of fused-ring (bicyclic) bond motifs is 1. The molecular weight excluding hydrogens is 473 g/mol. The van der Waals surface area contributed by atoms with Crippen molar-refractivity contribution < 1.29 is 14.0 Å². The first-order valence-corrected chi connectivity index (χ1v) is 8.81. The van der Waals surface area contributed by atoms with Crippen LogP contribution in [-0.4, -0.2) is 43.9 Å². The van der Waals surface area contributed by atoms with E-state index in [9.17, 15) is 0 Å². The molecule has 3 aromatic rings. The standard InChI is InChI=1S/C19H25N5O3.HI/c1-20-19(22-12-14-6-8-27-24-14)21-7-4-5-13-9-16-17(23-13)10-15(25-2)11-18(16)26-3;/h6,8-11,23H,4-5,7,12H2,1-3H3,(H2,20,21,22);1H. The molecule has 152 valence electrons. The van der Waals surface area contributed by atoms with Crippen LogP contribution in [0.3, 0.4) is 0 Å². The number of rotatable bonds is 8. The van der Waals surface area contributed by atoms with E-state index in [4.69, 9.17) is 14.0 Å². The number of halogens is 1. The summed E-state index contributed by atoms with van der Waals surface area (Å²) < 4.78 is 15.6. The molecule has 2 aromatic heterocycles. The highest BCUT2D eigenvalue weighted by molar-refractivity contribution is 14.0. The number of hydrogen-bond donors (Lipinski definition) is 3. The highest BCUT2D eigenvalue weighted by atomic mass is 127. The molecule has 3 N–H and O–H groups in total. The largest absolute Gasteiger partial charge is 0.497 e. The number of aromatic amines is 1. The molecule has 0 aliphatic heterocycles. The fraction of sp³-hybridized carbons (Fsp3) is 0.368. The number of methoxy groups -OCH3 is 2. The van der Waals surface area contributed by atoms with Gasteiger partial charge in [0.15, 0.2) is 5.96 Å². The summed E-state index contributed by atoms with van der Waals surface area (Å²) >= 11 is 0. The Morgan fingerprint density at radius 3 is 2.75 bits per heavy atom. The Balaban J connectivity index is 0.00000280. The second-order valence-corrected chi connectivity index (χ2v) is 6.03. The molecule has 0 amide bonds. The van der Waals surface area contributed by atoms with E-state index in [-0.39, 0.29) is 24.0 Å². The Labute approximate surface area is 181 Å². The lowest BCUT2D eigenvalue weighted by atomic mass is 10.2. The molecule has 1 aromatic carbocycles. The van der Waals surface area contributed by atoms with Gasteiger partial charge in [-0.2, -0.15) is 0 Å². The van der Waals surface area contributed by atoms with Crippen LogP contribution in [0.5, 0.6) is 11.5 Å². The highest BCUT2D eigenvalue weighted by Gasteiger charge is 2.09. The van der Waals surface area contributed by atoms with Gasteiger partial charge in [0.25, 0.3) is 0 Å². The zero-order valence-electron chi connectivity index (χ0n) is 16.2. The van der Waals surface area contributed by atoms with Gasteiger partial charge in [-0.25, -0.2) is 0 Å². The average Bonchev–Trinajstić information content (AvgIpc) is 3.35. The number of nitrogens with zero attached hydrogens (tertiary/aromatic N) is 2. The first-order chi connectivity index (χ1) is 13.2. The van der Waals surface area contributed by atoms with Crippen LogP contribution in [0, 0.1) is 0 Å². The van der Waals surface area contributed by atoms with E-state index in [1.54, 1.807) is 27.5 Å². The van der Waals surface area contributed by atoms with Gasteiger partial charge in [-0.3, -0.25) is 4.99 Å². The van der Waals surface area contributed by atoms with E-state index < -0.39 is 0 Å². The minimum Gasteiger partial charge on any atom is -0.497 e. The van der Waals surface area contributed by atoms with Crippen LogP contribution >= 0.6 is 24.0 Å². The molecule has 9 heteroatoms. The maximum absolute atomic E-state index is 5.46. The van der Waals surface area contributed by atoms with Crippen LogP contribution in [0.25, 0.3) is 10.9 Å². The van der Waals surface area contributed by atoms with Crippen LogP contribution in [0.1, 0.15) is 17.8 Å². The van der Waals surface area contributed by atoms with Gasteiger partial charge in [0, 0.05) is 42.9 Å². The number of aliphatic imine (C=N–C) groups is 1. The fourth-order valence-electron chi connectivity index (χ4n) is 2.87. The topological polar surface area (TPSA) is 96.7 Å². The zero-order chi connectivity index (χ0) is 19.1. The van der Waals surface area contributed by atoms with Gasteiger partial charge in [-0.1, -0.05) is 5.16 Å². The first-order valence-electron chi connectivity index (χ1n) is 8.81. The van der Waals surface area contributed by atoms with E-state index >= 15 is 0 Å². The summed E-state index contributed by atoms with van der Waals surface area (Å²) in [7, 11) is 5.07. The lowest BCUT2D eigenvalue weighted by molar-refractivity contribution is 0.398. The SMILES string of the molecule is CN=C(NCCCc1cc2c(OC)cc(OC)cc2[nH]1)NCc1ccon1.I. The van der Waals surface area contributed by atoms with Crippen molar-refractivity contribution in [3.63, 3.8) is 0 Å². The average molecular weight is 499 g/mol. The minimum atomic E-state index is 0. The van der Waals surface area contributed by atoms with Crippen molar-refractivity contribution in [2.45, 2.75) is 19.4 Å². The third-order valence-corrected chi connectivity index (χ3v) is 4.25. The van der Waals surface area contributed by atoms with E-state index in [1.165, 1.54) is 0 Å². The number of nitrogens with one attached hydrogen (secondary N) is 3. The summed E-state index contributed by atoms with van der Waals surface area (Å²) in [5.41, 5.74) is 3.00. The first kappa shape index (κ1) is 21.9. The van der Waals surface area contributed by atoms with Crippen molar-refractivity contribution in [2.24, 2.45) is 4.99 Å². The summed E-state index contributed by atoms with van der Waals surface area (Å²) in [5.74, 6) is 2.32. The number of H-pyrrole nitrogens is 1. The molecule has 0 fully saturated rings.